The first kappa shape index (κ1) is 25.4. The van der Waals surface area contributed by atoms with Gasteiger partial charge >= 0.3 is 6.18 Å². The summed E-state index contributed by atoms with van der Waals surface area (Å²) in [6.45, 7) is 2.50. The van der Waals surface area contributed by atoms with Crippen LogP contribution in [0.1, 0.15) is 58.5 Å². The summed E-state index contributed by atoms with van der Waals surface area (Å²) in [7, 11) is 0. The first-order valence-electron chi connectivity index (χ1n) is 11.9. The second-order valence-corrected chi connectivity index (χ2v) is 10.3. The van der Waals surface area contributed by atoms with E-state index in [1.807, 2.05) is 25.1 Å². The molecule has 3 heterocycles. The molecule has 0 fully saturated rings. The number of hydrogen-bond acceptors (Lipinski definition) is 4. The molecule has 1 aromatic heterocycles. The van der Waals surface area contributed by atoms with E-state index in [1.165, 1.54) is 28.6 Å². The Hall–Kier alpha value is -3.27. The maximum Gasteiger partial charge on any atom is 0.408 e. The highest BCUT2D eigenvalue weighted by Crippen LogP contribution is 2.49. The fourth-order valence-corrected chi connectivity index (χ4v) is 6.56. The minimum atomic E-state index is -4.73. The van der Waals surface area contributed by atoms with Gasteiger partial charge in [-0.15, -0.1) is 11.8 Å². The molecule has 5 nitrogen and oxygen atoms in total. The third-order valence-corrected chi connectivity index (χ3v) is 8.49. The van der Waals surface area contributed by atoms with Crippen LogP contribution in [0.4, 0.5) is 17.6 Å². The second kappa shape index (κ2) is 9.24. The normalized spacial score (nSPS) is 20.1. The number of pyridine rings is 1. The van der Waals surface area contributed by atoms with Crippen molar-refractivity contribution in [2.24, 2.45) is 0 Å². The number of halogens is 4. The summed E-state index contributed by atoms with van der Waals surface area (Å²) in [4.78, 5) is 26.6. The number of rotatable bonds is 3. The molecular formula is C27H24F4N2O3S. The van der Waals surface area contributed by atoms with Gasteiger partial charge < -0.3 is 14.6 Å². The van der Waals surface area contributed by atoms with E-state index in [2.05, 4.69) is 0 Å². The Morgan fingerprint density at radius 3 is 2.57 bits per heavy atom. The van der Waals surface area contributed by atoms with Gasteiger partial charge in [0.25, 0.3) is 5.91 Å². The topological polar surface area (TPSA) is 62.5 Å². The van der Waals surface area contributed by atoms with Crippen LogP contribution >= 0.6 is 11.8 Å². The van der Waals surface area contributed by atoms with E-state index < -0.39 is 52.8 Å². The molecule has 0 saturated carbocycles. The van der Waals surface area contributed by atoms with Crippen LogP contribution in [0.25, 0.3) is 0 Å². The van der Waals surface area contributed by atoms with Crippen LogP contribution in [0.2, 0.25) is 0 Å². The standard InChI is InChI=1S/C27H24F4N2O3S/c1-3-15-6-4-7-16-13-37-25-17(8-5-9-18(25)28)22(21(15)16)19-12-33(14(2)27(29,30)31)26(36)23-24(35)20(34)10-11-32(19)23/h4-11,14,19,22,35H,3,12-13H2,1-2H3/t14-,19?,22+/m1/s1. The number of hydrogen-bond donors (Lipinski definition) is 1. The van der Waals surface area contributed by atoms with E-state index in [0.717, 1.165) is 29.7 Å². The van der Waals surface area contributed by atoms with Gasteiger partial charge in [-0.1, -0.05) is 37.3 Å². The van der Waals surface area contributed by atoms with Crippen LogP contribution in [-0.4, -0.2) is 39.2 Å². The van der Waals surface area contributed by atoms with Crippen LogP contribution in [0, 0.1) is 5.82 Å². The van der Waals surface area contributed by atoms with Crippen molar-refractivity contribution in [1.82, 2.24) is 9.47 Å². The predicted octanol–water partition coefficient (Wildman–Crippen LogP) is 5.64. The van der Waals surface area contributed by atoms with Crippen molar-refractivity contribution in [1.29, 1.82) is 0 Å². The summed E-state index contributed by atoms with van der Waals surface area (Å²) >= 11 is 1.32. The Bertz CT molecular complexity index is 1450. The first-order valence-corrected chi connectivity index (χ1v) is 12.9. The monoisotopic (exact) mass is 532 g/mol. The number of nitrogens with zero attached hydrogens (tertiary/aromatic N) is 2. The summed E-state index contributed by atoms with van der Waals surface area (Å²) in [6, 6.07) is 8.50. The number of aromatic nitrogens is 1. The lowest BCUT2D eigenvalue weighted by atomic mass is 9.78. The Kier molecular flexibility index (Phi) is 6.34. The lowest BCUT2D eigenvalue weighted by molar-refractivity contribution is -0.174. The first-order chi connectivity index (χ1) is 17.5. The zero-order valence-corrected chi connectivity index (χ0v) is 20.9. The quantitative estimate of drug-likeness (QED) is 0.444. The highest BCUT2D eigenvalue weighted by molar-refractivity contribution is 7.98. The maximum absolute atomic E-state index is 15.1. The zero-order chi connectivity index (χ0) is 26.6. The van der Waals surface area contributed by atoms with Crippen LogP contribution < -0.4 is 5.43 Å². The number of carbonyl (C=O) groups is 1. The molecule has 0 radical (unpaired) electrons. The molecule has 3 aromatic rings. The van der Waals surface area contributed by atoms with Gasteiger partial charge in [0.05, 0.1) is 6.04 Å². The highest BCUT2D eigenvalue weighted by atomic mass is 32.2. The number of aromatic hydroxyl groups is 1. The number of thioether (sulfide) groups is 1. The van der Waals surface area contributed by atoms with Crippen molar-refractivity contribution in [2.75, 3.05) is 6.54 Å². The van der Waals surface area contributed by atoms with Gasteiger partial charge in [0.1, 0.15) is 11.9 Å². The summed E-state index contributed by atoms with van der Waals surface area (Å²) in [5, 5.41) is 10.6. The molecule has 0 aliphatic carbocycles. The molecule has 1 N–H and O–H groups in total. The van der Waals surface area contributed by atoms with Crippen molar-refractivity contribution >= 4 is 17.7 Å². The summed E-state index contributed by atoms with van der Waals surface area (Å²) < 4.78 is 58.1. The summed E-state index contributed by atoms with van der Waals surface area (Å²) in [5.74, 6) is -2.60. The van der Waals surface area contributed by atoms with E-state index >= 15 is 4.39 Å². The number of alkyl halides is 3. The Morgan fingerprint density at radius 2 is 1.86 bits per heavy atom. The molecule has 1 amide bonds. The molecule has 0 spiro atoms. The number of aryl methyl sites for hydroxylation is 1. The lowest BCUT2D eigenvalue weighted by Crippen LogP contribution is -2.54. The Morgan fingerprint density at radius 1 is 1.14 bits per heavy atom. The molecule has 2 aliphatic rings. The molecule has 37 heavy (non-hydrogen) atoms. The van der Waals surface area contributed by atoms with Gasteiger partial charge in [-0.3, -0.25) is 9.59 Å². The van der Waals surface area contributed by atoms with Gasteiger partial charge in [-0.25, -0.2) is 4.39 Å². The number of amides is 1. The van der Waals surface area contributed by atoms with Crippen molar-refractivity contribution in [2.45, 2.75) is 55.1 Å². The van der Waals surface area contributed by atoms with E-state index in [0.29, 0.717) is 27.5 Å². The fourth-order valence-electron chi connectivity index (χ4n) is 5.44. The van der Waals surface area contributed by atoms with Gasteiger partial charge in [-0.05, 0) is 41.7 Å². The minimum Gasteiger partial charge on any atom is -0.503 e. The smallest absolute Gasteiger partial charge is 0.408 e. The second-order valence-electron chi connectivity index (χ2n) is 9.29. The average Bonchev–Trinajstić information content (AvgIpc) is 3.03. The third-order valence-electron chi connectivity index (χ3n) is 7.32. The molecule has 194 valence electrons. The number of fused-ring (bicyclic) bond motifs is 3. The molecule has 10 heteroatoms. The highest BCUT2D eigenvalue weighted by Gasteiger charge is 2.48. The summed E-state index contributed by atoms with van der Waals surface area (Å²) in [6.07, 6.45) is -2.77. The van der Waals surface area contributed by atoms with Crippen molar-refractivity contribution < 1.29 is 27.5 Å². The van der Waals surface area contributed by atoms with Gasteiger partial charge in [0, 0.05) is 35.4 Å². The molecule has 2 aromatic carbocycles. The van der Waals surface area contributed by atoms with Gasteiger partial charge in [-0.2, -0.15) is 13.2 Å². The maximum atomic E-state index is 15.1. The number of carbonyl (C=O) groups excluding carboxylic acids is 1. The SMILES string of the molecule is CCc1cccc2c1[C@H](C1CN([C@H](C)C(F)(F)F)C(=O)c3c(O)c(=O)ccn31)c1cccc(F)c1SC2. The van der Waals surface area contributed by atoms with Crippen molar-refractivity contribution in [3.63, 3.8) is 0 Å². The fraction of sp³-hybridized carbons (Fsp3) is 0.333. The van der Waals surface area contributed by atoms with Crippen LogP contribution in [0.3, 0.4) is 0 Å². The van der Waals surface area contributed by atoms with Gasteiger partial charge in [0.15, 0.2) is 11.4 Å². The molecule has 1 unspecified atom stereocenters. The van der Waals surface area contributed by atoms with E-state index in [4.69, 9.17) is 0 Å². The molecule has 0 bridgehead atoms. The Balaban J connectivity index is 1.83. The zero-order valence-electron chi connectivity index (χ0n) is 20.1. The van der Waals surface area contributed by atoms with Crippen LogP contribution in [-0.2, 0) is 12.2 Å². The minimum absolute atomic E-state index is 0.350. The van der Waals surface area contributed by atoms with E-state index in [9.17, 15) is 27.9 Å². The Labute approximate surface area is 214 Å². The van der Waals surface area contributed by atoms with Crippen molar-refractivity contribution in [3.8, 4) is 5.75 Å². The molecule has 2 aliphatic heterocycles. The average molecular weight is 533 g/mol. The lowest BCUT2D eigenvalue weighted by Gasteiger charge is -2.43. The predicted molar refractivity (Wildman–Crippen MR) is 132 cm³/mol. The summed E-state index contributed by atoms with van der Waals surface area (Å²) in [5.41, 5.74) is 1.98. The molecular weight excluding hydrogens is 508 g/mol. The van der Waals surface area contributed by atoms with Crippen LogP contribution in [0.15, 0.2) is 58.4 Å². The van der Waals surface area contributed by atoms with E-state index in [-0.39, 0.29) is 6.54 Å². The molecule has 5 rings (SSSR count). The number of benzene rings is 2. The third kappa shape index (κ3) is 4.11. The largest absolute Gasteiger partial charge is 0.503 e. The van der Waals surface area contributed by atoms with Crippen LogP contribution in [0.5, 0.6) is 5.75 Å². The molecule has 0 saturated heterocycles. The van der Waals surface area contributed by atoms with Crippen molar-refractivity contribution in [3.05, 3.63) is 92.6 Å². The molecule has 3 atom stereocenters. The van der Waals surface area contributed by atoms with E-state index in [1.54, 1.807) is 12.1 Å². The van der Waals surface area contributed by atoms with Gasteiger partial charge in [0.2, 0.25) is 5.43 Å².